The zero-order valence-corrected chi connectivity index (χ0v) is 8.69. The van der Waals surface area contributed by atoms with E-state index in [0.717, 1.165) is 25.9 Å². The minimum atomic E-state index is -0.194. The van der Waals surface area contributed by atoms with Crippen LogP contribution in [0.2, 0.25) is 0 Å². The fourth-order valence-electron chi connectivity index (χ4n) is 1.74. The maximum atomic E-state index is 11.2. The average Bonchev–Trinajstić information content (AvgIpc) is 2.27. The molecule has 0 N–H and O–H groups in total. The highest BCUT2D eigenvalue weighted by Gasteiger charge is 2.26. The summed E-state index contributed by atoms with van der Waals surface area (Å²) in [5.74, 6) is -0.0310. The van der Waals surface area contributed by atoms with E-state index in [4.69, 9.17) is 5.26 Å². The topological polar surface area (TPSA) is 53.3 Å². The normalized spacial score (nSPS) is 21.2. The molecule has 1 unspecified atom stereocenters. The lowest BCUT2D eigenvalue weighted by Crippen LogP contribution is -2.44. The lowest BCUT2D eigenvalue weighted by atomic mass is 9.97. The fourth-order valence-corrected chi connectivity index (χ4v) is 1.74. The molecule has 0 radical (unpaired) electrons. The number of hydrogen-bond acceptors (Lipinski definition) is 4. The van der Waals surface area contributed by atoms with E-state index in [1.54, 1.807) is 0 Å². The largest absolute Gasteiger partial charge is 0.468 e. The number of methoxy groups -OCH3 is 1. The summed E-state index contributed by atoms with van der Waals surface area (Å²) < 4.78 is 4.67. The second-order valence-corrected chi connectivity index (χ2v) is 3.64. The number of nitrogens with zero attached hydrogens (tertiary/aromatic N) is 2. The number of ether oxygens (including phenoxy) is 1. The van der Waals surface area contributed by atoms with E-state index in [9.17, 15) is 4.79 Å². The van der Waals surface area contributed by atoms with Gasteiger partial charge in [0.15, 0.2) is 0 Å². The van der Waals surface area contributed by atoms with Crippen LogP contribution in [0.25, 0.3) is 0 Å². The van der Waals surface area contributed by atoms with Crippen LogP contribution in [0.15, 0.2) is 0 Å². The Hall–Kier alpha value is -1.08. The van der Waals surface area contributed by atoms with Crippen molar-refractivity contribution >= 4 is 5.97 Å². The molecule has 14 heavy (non-hydrogen) atoms. The molecule has 1 aliphatic heterocycles. The van der Waals surface area contributed by atoms with Crippen LogP contribution < -0.4 is 0 Å². The molecule has 1 rings (SSSR count). The summed E-state index contributed by atoms with van der Waals surface area (Å²) in [7, 11) is 1.40. The highest BCUT2D eigenvalue weighted by atomic mass is 16.5. The summed E-state index contributed by atoms with van der Waals surface area (Å²) in [4.78, 5) is 13.3. The van der Waals surface area contributed by atoms with Crippen molar-refractivity contribution in [2.75, 3.05) is 20.2 Å². The van der Waals surface area contributed by atoms with Crippen LogP contribution in [0.1, 0.15) is 19.8 Å². The number of likely N-dealkylation sites (tertiary alicyclic amines) is 1. The second kappa shape index (κ2) is 4.97. The van der Waals surface area contributed by atoms with E-state index in [2.05, 4.69) is 15.7 Å². The molecule has 0 aromatic heterocycles. The van der Waals surface area contributed by atoms with Gasteiger partial charge >= 0.3 is 5.97 Å². The molecule has 1 fully saturated rings. The van der Waals surface area contributed by atoms with E-state index < -0.39 is 0 Å². The van der Waals surface area contributed by atoms with Gasteiger partial charge in [0, 0.05) is 19.0 Å². The Labute approximate surface area is 84.4 Å². The number of hydrogen-bond donors (Lipinski definition) is 0. The monoisotopic (exact) mass is 196 g/mol. The summed E-state index contributed by atoms with van der Waals surface area (Å²) in [5, 5.41) is 8.71. The second-order valence-electron chi connectivity index (χ2n) is 3.64. The van der Waals surface area contributed by atoms with Gasteiger partial charge in [0.2, 0.25) is 0 Å². The van der Waals surface area contributed by atoms with Gasteiger partial charge in [-0.2, -0.15) is 5.26 Å². The molecule has 0 amide bonds. The first kappa shape index (κ1) is 11.0. The minimum absolute atomic E-state index is 0.163. The standard InChI is InChI=1S/C10H16N2O2/c1-8(10(13)14-2)12-5-3-9(7-11)4-6-12/h8-9H,3-6H2,1-2H3. The Kier molecular flexibility index (Phi) is 3.90. The molecule has 0 bridgehead atoms. The third-order valence-corrected chi connectivity index (χ3v) is 2.80. The maximum Gasteiger partial charge on any atom is 0.322 e. The van der Waals surface area contributed by atoms with Gasteiger partial charge in [0.05, 0.1) is 13.2 Å². The van der Waals surface area contributed by atoms with Crippen LogP contribution in [0, 0.1) is 17.2 Å². The van der Waals surface area contributed by atoms with Gasteiger partial charge in [-0.25, -0.2) is 0 Å². The van der Waals surface area contributed by atoms with Crippen LogP contribution in [0.4, 0.5) is 0 Å². The maximum absolute atomic E-state index is 11.2. The zero-order chi connectivity index (χ0) is 10.6. The van der Waals surface area contributed by atoms with E-state index in [0.29, 0.717) is 0 Å². The number of nitriles is 1. The molecule has 4 heteroatoms. The van der Waals surface area contributed by atoms with Gasteiger partial charge in [0.1, 0.15) is 6.04 Å². The Balaban J connectivity index is 2.42. The lowest BCUT2D eigenvalue weighted by molar-refractivity contribution is -0.146. The Bertz CT molecular complexity index is 239. The number of carbonyl (C=O) groups excluding carboxylic acids is 1. The molecular weight excluding hydrogens is 180 g/mol. The van der Waals surface area contributed by atoms with Crippen molar-refractivity contribution in [2.45, 2.75) is 25.8 Å². The van der Waals surface area contributed by atoms with Crippen LogP contribution >= 0.6 is 0 Å². The smallest absolute Gasteiger partial charge is 0.322 e. The fraction of sp³-hybridized carbons (Fsp3) is 0.800. The highest BCUT2D eigenvalue weighted by molar-refractivity contribution is 5.75. The highest BCUT2D eigenvalue weighted by Crippen LogP contribution is 2.18. The van der Waals surface area contributed by atoms with Gasteiger partial charge < -0.3 is 4.74 Å². The third-order valence-electron chi connectivity index (χ3n) is 2.80. The van der Waals surface area contributed by atoms with Crippen molar-refractivity contribution in [2.24, 2.45) is 5.92 Å². The molecule has 0 aromatic carbocycles. The Morgan fingerprint density at radius 3 is 2.57 bits per heavy atom. The van der Waals surface area contributed by atoms with Crippen molar-refractivity contribution in [1.82, 2.24) is 4.90 Å². The Morgan fingerprint density at radius 1 is 1.57 bits per heavy atom. The molecule has 78 valence electrons. The van der Waals surface area contributed by atoms with Crippen molar-refractivity contribution in [3.05, 3.63) is 0 Å². The average molecular weight is 196 g/mol. The molecule has 0 spiro atoms. The molecule has 1 heterocycles. The van der Waals surface area contributed by atoms with E-state index >= 15 is 0 Å². The van der Waals surface area contributed by atoms with E-state index in [1.807, 2.05) is 6.92 Å². The first-order valence-corrected chi connectivity index (χ1v) is 4.90. The van der Waals surface area contributed by atoms with Crippen LogP contribution in [0.5, 0.6) is 0 Å². The molecule has 1 atom stereocenters. The summed E-state index contributed by atoms with van der Waals surface area (Å²) in [6, 6.07) is 2.08. The van der Waals surface area contributed by atoms with Gasteiger partial charge in [-0.3, -0.25) is 9.69 Å². The Morgan fingerprint density at radius 2 is 2.14 bits per heavy atom. The summed E-state index contributed by atoms with van der Waals surface area (Å²) in [6.45, 7) is 3.47. The first-order chi connectivity index (χ1) is 6.69. The molecule has 0 aliphatic carbocycles. The predicted molar refractivity (Wildman–Crippen MR) is 51.4 cm³/mol. The van der Waals surface area contributed by atoms with Crippen LogP contribution in [0.3, 0.4) is 0 Å². The van der Waals surface area contributed by atoms with E-state index in [-0.39, 0.29) is 17.9 Å². The van der Waals surface area contributed by atoms with Crippen molar-refractivity contribution < 1.29 is 9.53 Å². The number of esters is 1. The first-order valence-electron chi connectivity index (χ1n) is 4.90. The SMILES string of the molecule is COC(=O)C(C)N1CCC(C#N)CC1. The molecule has 0 aromatic rings. The van der Waals surface area contributed by atoms with Gasteiger partial charge in [0.25, 0.3) is 0 Å². The molecule has 1 saturated heterocycles. The summed E-state index contributed by atoms with van der Waals surface area (Å²) in [5.41, 5.74) is 0. The lowest BCUT2D eigenvalue weighted by Gasteiger charge is -2.32. The van der Waals surface area contributed by atoms with E-state index in [1.165, 1.54) is 7.11 Å². The van der Waals surface area contributed by atoms with Crippen molar-refractivity contribution in [3.8, 4) is 6.07 Å². The third kappa shape index (κ3) is 2.46. The summed E-state index contributed by atoms with van der Waals surface area (Å²) in [6.07, 6.45) is 1.72. The van der Waals surface area contributed by atoms with Gasteiger partial charge in [-0.05, 0) is 19.8 Å². The number of piperidine rings is 1. The van der Waals surface area contributed by atoms with Crippen molar-refractivity contribution in [1.29, 1.82) is 5.26 Å². The van der Waals surface area contributed by atoms with Crippen LogP contribution in [-0.2, 0) is 9.53 Å². The van der Waals surface area contributed by atoms with Crippen molar-refractivity contribution in [3.63, 3.8) is 0 Å². The molecule has 4 nitrogen and oxygen atoms in total. The quantitative estimate of drug-likeness (QED) is 0.612. The zero-order valence-electron chi connectivity index (χ0n) is 8.69. The molecular formula is C10H16N2O2. The number of carbonyl (C=O) groups is 1. The summed E-state index contributed by atoms with van der Waals surface area (Å²) >= 11 is 0. The molecule has 0 saturated carbocycles. The predicted octanol–water partition coefficient (Wildman–Crippen LogP) is 0.783. The number of rotatable bonds is 2. The minimum Gasteiger partial charge on any atom is -0.468 e. The van der Waals surface area contributed by atoms with Gasteiger partial charge in [-0.15, -0.1) is 0 Å². The van der Waals surface area contributed by atoms with Crippen LogP contribution in [-0.4, -0.2) is 37.1 Å². The van der Waals surface area contributed by atoms with Gasteiger partial charge in [-0.1, -0.05) is 0 Å². The molecule has 1 aliphatic rings.